The number of carbonyl (C=O) groups is 1. The van der Waals surface area contributed by atoms with Gasteiger partial charge < -0.3 is 5.32 Å². The maximum absolute atomic E-state index is 11.5. The summed E-state index contributed by atoms with van der Waals surface area (Å²) in [5.41, 5.74) is 0.799. The van der Waals surface area contributed by atoms with E-state index in [0.29, 0.717) is 12.2 Å². The van der Waals surface area contributed by atoms with Crippen molar-refractivity contribution in [3.05, 3.63) is 40.6 Å². The highest BCUT2D eigenvalue weighted by atomic mass is 16.6. The molecule has 1 N–H and O–H groups in total. The lowest BCUT2D eigenvalue weighted by atomic mass is 10.3. The Balaban J connectivity index is 2.02. The molecule has 1 aliphatic carbocycles. The van der Waals surface area contributed by atoms with Crippen molar-refractivity contribution in [1.29, 1.82) is 0 Å². The average molecular weight is 219 g/mol. The largest absolute Gasteiger partial charge is 0.310 e. The number of rotatable bonds is 3. The van der Waals surface area contributed by atoms with Gasteiger partial charge in [0.25, 0.3) is 5.69 Å². The van der Waals surface area contributed by atoms with E-state index >= 15 is 0 Å². The summed E-state index contributed by atoms with van der Waals surface area (Å²) in [4.78, 5) is 25.1. The Kier molecular flexibility index (Phi) is 2.40. The van der Waals surface area contributed by atoms with Crippen molar-refractivity contribution in [3.8, 4) is 0 Å². The summed E-state index contributed by atoms with van der Waals surface area (Å²) < 4.78 is 0. The first-order valence-corrected chi connectivity index (χ1v) is 4.67. The first kappa shape index (κ1) is 10.3. The van der Waals surface area contributed by atoms with Gasteiger partial charge >= 0.3 is 0 Å². The molecule has 1 aromatic rings. The molecule has 6 nitrogen and oxygen atoms in total. The van der Waals surface area contributed by atoms with Gasteiger partial charge in [-0.25, -0.2) is 4.98 Å². The molecule has 1 atom stereocenters. The molecular weight excluding hydrogens is 210 g/mol. The van der Waals surface area contributed by atoms with Crippen LogP contribution in [-0.4, -0.2) is 15.8 Å². The second kappa shape index (κ2) is 3.73. The molecule has 6 heteroatoms. The minimum absolute atomic E-state index is 0.103. The Morgan fingerprint density at radius 1 is 1.62 bits per heavy atom. The summed E-state index contributed by atoms with van der Waals surface area (Å²) in [6.07, 6.45) is 1.82. The van der Waals surface area contributed by atoms with Gasteiger partial charge in [-0.3, -0.25) is 14.9 Å². The van der Waals surface area contributed by atoms with Crippen LogP contribution in [0.5, 0.6) is 0 Å². The number of amides is 1. The molecule has 1 saturated carbocycles. The van der Waals surface area contributed by atoms with Crippen molar-refractivity contribution in [2.24, 2.45) is 5.92 Å². The Hall–Kier alpha value is -2.24. The van der Waals surface area contributed by atoms with Gasteiger partial charge in [-0.2, -0.15) is 0 Å². The van der Waals surface area contributed by atoms with Gasteiger partial charge in [0, 0.05) is 6.07 Å². The molecule has 82 valence electrons. The van der Waals surface area contributed by atoms with E-state index in [0.717, 1.165) is 11.8 Å². The van der Waals surface area contributed by atoms with Gasteiger partial charge in [-0.1, -0.05) is 12.2 Å². The molecule has 1 fully saturated rings. The van der Waals surface area contributed by atoms with E-state index < -0.39 is 4.92 Å². The molecule has 1 amide bonds. The van der Waals surface area contributed by atoms with Gasteiger partial charge in [0.1, 0.15) is 12.0 Å². The van der Waals surface area contributed by atoms with Crippen LogP contribution in [0.3, 0.4) is 0 Å². The van der Waals surface area contributed by atoms with Crippen LogP contribution in [0, 0.1) is 16.0 Å². The zero-order valence-corrected chi connectivity index (χ0v) is 8.34. The second-order valence-electron chi connectivity index (χ2n) is 3.56. The standard InChI is InChI=1S/C10H9N3O3/c1-6-4-8(6)10(14)12-9-3-2-7(5-11-9)13(15)16/h2-3,5,8H,1,4H2,(H,11,12,14). The van der Waals surface area contributed by atoms with E-state index in [1.165, 1.54) is 12.1 Å². The fraction of sp³-hybridized carbons (Fsp3) is 0.200. The number of pyridine rings is 1. The van der Waals surface area contributed by atoms with Crippen molar-refractivity contribution in [2.45, 2.75) is 6.42 Å². The monoisotopic (exact) mass is 219 g/mol. The number of aromatic nitrogens is 1. The molecule has 0 spiro atoms. The van der Waals surface area contributed by atoms with Crippen LogP contribution >= 0.6 is 0 Å². The Morgan fingerprint density at radius 3 is 2.75 bits per heavy atom. The maximum atomic E-state index is 11.5. The number of nitrogens with zero attached hydrogens (tertiary/aromatic N) is 2. The molecule has 1 unspecified atom stereocenters. The van der Waals surface area contributed by atoms with Gasteiger partial charge in [-0.15, -0.1) is 0 Å². The van der Waals surface area contributed by atoms with Crippen molar-refractivity contribution >= 4 is 17.4 Å². The van der Waals surface area contributed by atoms with Crippen molar-refractivity contribution in [1.82, 2.24) is 4.98 Å². The highest BCUT2D eigenvalue weighted by Gasteiger charge is 2.34. The SMILES string of the molecule is C=C1CC1C(=O)Nc1ccc([N+](=O)[O-])cn1. The number of nitro groups is 1. The molecule has 0 saturated heterocycles. The molecule has 1 aliphatic rings. The summed E-state index contributed by atoms with van der Waals surface area (Å²) in [7, 11) is 0. The molecule has 16 heavy (non-hydrogen) atoms. The van der Waals surface area contributed by atoms with Crippen LogP contribution in [0.15, 0.2) is 30.5 Å². The zero-order chi connectivity index (χ0) is 11.7. The van der Waals surface area contributed by atoms with Crippen LogP contribution in [-0.2, 0) is 4.79 Å². The minimum Gasteiger partial charge on any atom is -0.310 e. The Bertz CT molecular complexity index is 467. The van der Waals surface area contributed by atoms with E-state index in [1.807, 2.05) is 0 Å². The van der Waals surface area contributed by atoms with Crippen LogP contribution in [0.25, 0.3) is 0 Å². The third-order valence-corrected chi connectivity index (χ3v) is 2.33. The maximum Gasteiger partial charge on any atom is 0.287 e. The smallest absolute Gasteiger partial charge is 0.287 e. The second-order valence-corrected chi connectivity index (χ2v) is 3.56. The lowest BCUT2D eigenvalue weighted by molar-refractivity contribution is -0.385. The summed E-state index contributed by atoms with van der Waals surface area (Å²) in [6.45, 7) is 3.68. The van der Waals surface area contributed by atoms with Crippen molar-refractivity contribution in [3.63, 3.8) is 0 Å². The fourth-order valence-electron chi connectivity index (χ4n) is 1.26. The van der Waals surface area contributed by atoms with Crippen molar-refractivity contribution in [2.75, 3.05) is 5.32 Å². The quantitative estimate of drug-likeness (QED) is 0.474. The summed E-state index contributed by atoms with van der Waals surface area (Å²) in [5, 5.41) is 12.9. The van der Waals surface area contributed by atoms with Crippen LogP contribution in [0.1, 0.15) is 6.42 Å². The molecular formula is C10H9N3O3. The molecule has 0 bridgehead atoms. The molecule has 0 aromatic carbocycles. The Labute approximate surface area is 91.1 Å². The summed E-state index contributed by atoms with van der Waals surface area (Å²) >= 11 is 0. The molecule has 1 aromatic heterocycles. The zero-order valence-electron chi connectivity index (χ0n) is 8.34. The van der Waals surface area contributed by atoms with Crippen LogP contribution in [0.2, 0.25) is 0 Å². The third kappa shape index (κ3) is 2.05. The van der Waals surface area contributed by atoms with E-state index in [2.05, 4.69) is 16.9 Å². The van der Waals surface area contributed by atoms with E-state index in [9.17, 15) is 14.9 Å². The van der Waals surface area contributed by atoms with E-state index in [4.69, 9.17) is 0 Å². The van der Waals surface area contributed by atoms with Crippen molar-refractivity contribution < 1.29 is 9.72 Å². The average Bonchev–Trinajstić information content (AvgIpc) is 2.96. The number of hydrogen-bond donors (Lipinski definition) is 1. The highest BCUT2D eigenvalue weighted by Crippen LogP contribution is 2.36. The minimum atomic E-state index is -0.540. The number of anilines is 1. The lowest BCUT2D eigenvalue weighted by Crippen LogP contribution is -2.14. The molecule has 0 aliphatic heterocycles. The fourth-order valence-corrected chi connectivity index (χ4v) is 1.26. The van der Waals surface area contributed by atoms with E-state index in [-0.39, 0.29) is 17.5 Å². The predicted molar refractivity (Wildman–Crippen MR) is 56.8 cm³/mol. The first-order valence-electron chi connectivity index (χ1n) is 4.67. The predicted octanol–water partition coefficient (Wildman–Crippen LogP) is 1.50. The Morgan fingerprint density at radius 2 is 2.31 bits per heavy atom. The van der Waals surface area contributed by atoms with Gasteiger partial charge in [-0.05, 0) is 12.5 Å². The topological polar surface area (TPSA) is 85.1 Å². The highest BCUT2D eigenvalue weighted by molar-refractivity contribution is 5.96. The molecule has 1 heterocycles. The first-order chi connectivity index (χ1) is 7.58. The third-order valence-electron chi connectivity index (χ3n) is 2.33. The number of hydrogen-bond acceptors (Lipinski definition) is 4. The van der Waals surface area contributed by atoms with Gasteiger partial charge in [0.2, 0.25) is 5.91 Å². The molecule has 2 rings (SSSR count). The number of nitrogens with one attached hydrogen (secondary N) is 1. The number of carbonyl (C=O) groups excluding carboxylic acids is 1. The van der Waals surface area contributed by atoms with E-state index in [1.54, 1.807) is 0 Å². The summed E-state index contributed by atoms with van der Waals surface area (Å²) in [6, 6.07) is 2.70. The van der Waals surface area contributed by atoms with Gasteiger partial charge in [0.15, 0.2) is 0 Å². The lowest BCUT2D eigenvalue weighted by Gasteiger charge is -2.01. The normalized spacial score (nSPS) is 18.0. The van der Waals surface area contributed by atoms with Crippen LogP contribution in [0.4, 0.5) is 11.5 Å². The molecule has 0 radical (unpaired) electrons. The summed E-state index contributed by atoms with van der Waals surface area (Å²) in [5.74, 6) is 0.0265. The van der Waals surface area contributed by atoms with Gasteiger partial charge in [0.05, 0.1) is 10.8 Å². The van der Waals surface area contributed by atoms with Crippen LogP contribution < -0.4 is 5.32 Å².